The predicted molar refractivity (Wildman–Crippen MR) is 70.3 cm³/mol. The smallest absolute Gasteiger partial charge is 0.387 e. The zero-order chi connectivity index (χ0) is 14.6. The molecule has 6 heteroatoms. The molecule has 0 aliphatic carbocycles. The third-order valence-electron chi connectivity index (χ3n) is 3.41. The molecule has 112 valence electrons. The Bertz CT molecular complexity index is 448. The molecule has 0 aromatic heterocycles. The summed E-state index contributed by atoms with van der Waals surface area (Å²) in [5, 5.41) is 3.33. The highest BCUT2D eigenvalue weighted by atomic mass is 19.3. The maximum Gasteiger partial charge on any atom is 0.387 e. The molecule has 1 aliphatic heterocycles. The molecule has 1 aliphatic rings. The predicted octanol–water partition coefficient (Wildman–Crippen LogP) is 2.57. The van der Waals surface area contributed by atoms with Crippen LogP contribution >= 0.6 is 0 Å². The Hall–Kier alpha value is -1.40. The van der Waals surface area contributed by atoms with Crippen LogP contribution in [0.5, 0.6) is 11.5 Å². The van der Waals surface area contributed by atoms with E-state index in [4.69, 9.17) is 9.47 Å². The van der Waals surface area contributed by atoms with E-state index < -0.39 is 6.61 Å². The lowest BCUT2D eigenvalue weighted by atomic mass is 10.0. The van der Waals surface area contributed by atoms with Crippen molar-refractivity contribution in [1.29, 1.82) is 0 Å². The summed E-state index contributed by atoms with van der Waals surface area (Å²) < 4.78 is 40.0. The average Bonchev–Trinajstić information content (AvgIpc) is 2.84. The van der Waals surface area contributed by atoms with Crippen LogP contribution in [0.25, 0.3) is 0 Å². The lowest BCUT2D eigenvalue weighted by molar-refractivity contribution is -0.0519. The minimum absolute atomic E-state index is 0.0833. The number of para-hydroxylation sites is 1. The van der Waals surface area contributed by atoms with Gasteiger partial charge in [-0.2, -0.15) is 8.78 Å². The number of alkyl halides is 2. The highest BCUT2D eigenvalue weighted by Crippen LogP contribution is 2.33. The van der Waals surface area contributed by atoms with Gasteiger partial charge in [0, 0.05) is 24.3 Å². The van der Waals surface area contributed by atoms with Gasteiger partial charge in [0.2, 0.25) is 0 Å². The summed E-state index contributed by atoms with van der Waals surface area (Å²) in [6, 6.07) is 5.09. The fourth-order valence-corrected chi connectivity index (χ4v) is 2.20. The molecule has 1 atom stereocenters. The van der Waals surface area contributed by atoms with Gasteiger partial charge in [-0.25, -0.2) is 0 Å². The standard InChI is InChI=1S/C14H19F2NO3/c1-14(6-7-19-9-14)17-8-10-4-3-5-11(18-2)12(10)20-13(15)16/h3-5,13,17H,6-9H2,1-2H3. The van der Waals surface area contributed by atoms with Crippen molar-refractivity contribution < 1.29 is 23.0 Å². The van der Waals surface area contributed by atoms with E-state index >= 15 is 0 Å². The molecule has 4 nitrogen and oxygen atoms in total. The fraction of sp³-hybridized carbons (Fsp3) is 0.571. The van der Waals surface area contributed by atoms with E-state index in [2.05, 4.69) is 10.1 Å². The molecule has 0 radical (unpaired) electrons. The second-order valence-corrected chi connectivity index (χ2v) is 5.04. The zero-order valence-corrected chi connectivity index (χ0v) is 11.6. The van der Waals surface area contributed by atoms with E-state index in [0.717, 1.165) is 6.42 Å². The summed E-state index contributed by atoms with van der Waals surface area (Å²) in [5.41, 5.74) is 0.503. The number of benzene rings is 1. The van der Waals surface area contributed by atoms with E-state index in [1.54, 1.807) is 18.2 Å². The molecule has 1 N–H and O–H groups in total. The summed E-state index contributed by atoms with van der Waals surface area (Å²) in [4.78, 5) is 0. The Morgan fingerprint density at radius 3 is 2.85 bits per heavy atom. The number of hydrogen-bond acceptors (Lipinski definition) is 4. The van der Waals surface area contributed by atoms with Gasteiger partial charge in [0.25, 0.3) is 0 Å². The van der Waals surface area contributed by atoms with Gasteiger partial charge >= 0.3 is 6.61 Å². The highest BCUT2D eigenvalue weighted by molar-refractivity contribution is 5.46. The van der Waals surface area contributed by atoms with Crippen LogP contribution in [-0.4, -0.2) is 32.5 Å². The van der Waals surface area contributed by atoms with Crippen LogP contribution in [0.4, 0.5) is 8.78 Å². The molecule has 1 aromatic carbocycles. The van der Waals surface area contributed by atoms with Crippen molar-refractivity contribution in [3.63, 3.8) is 0 Å². The Morgan fingerprint density at radius 1 is 1.45 bits per heavy atom. The number of ether oxygens (including phenoxy) is 3. The van der Waals surface area contributed by atoms with Gasteiger partial charge in [0.15, 0.2) is 11.5 Å². The van der Waals surface area contributed by atoms with E-state index in [1.807, 2.05) is 6.92 Å². The topological polar surface area (TPSA) is 39.7 Å². The van der Waals surface area contributed by atoms with Crippen LogP contribution in [-0.2, 0) is 11.3 Å². The number of hydrogen-bond donors (Lipinski definition) is 1. The van der Waals surface area contributed by atoms with E-state index in [0.29, 0.717) is 31.1 Å². The lowest BCUT2D eigenvalue weighted by Gasteiger charge is -2.24. The summed E-state index contributed by atoms with van der Waals surface area (Å²) in [7, 11) is 1.43. The molecular weight excluding hydrogens is 268 g/mol. The van der Waals surface area contributed by atoms with E-state index in [-0.39, 0.29) is 11.3 Å². The van der Waals surface area contributed by atoms with Gasteiger partial charge in [-0.3, -0.25) is 0 Å². The van der Waals surface area contributed by atoms with Crippen LogP contribution in [0.3, 0.4) is 0 Å². The van der Waals surface area contributed by atoms with Gasteiger partial charge in [-0.15, -0.1) is 0 Å². The van der Waals surface area contributed by atoms with Crippen molar-refractivity contribution >= 4 is 0 Å². The van der Waals surface area contributed by atoms with Crippen LogP contribution in [0, 0.1) is 0 Å². The third kappa shape index (κ3) is 3.58. The van der Waals surface area contributed by atoms with Crippen LogP contribution < -0.4 is 14.8 Å². The van der Waals surface area contributed by atoms with Gasteiger partial charge in [0.1, 0.15) is 0 Å². The number of methoxy groups -OCH3 is 1. The highest BCUT2D eigenvalue weighted by Gasteiger charge is 2.29. The molecule has 1 heterocycles. The molecule has 20 heavy (non-hydrogen) atoms. The second kappa shape index (κ2) is 6.37. The summed E-state index contributed by atoms with van der Waals surface area (Å²) in [6.45, 7) is 0.909. The van der Waals surface area contributed by atoms with Crippen LogP contribution in [0.1, 0.15) is 18.9 Å². The maximum absolute atomic E-state index is 12.5. The molecule has 1 fully saturated rings. The maximum atomic E-state index is 12.5. The summed E-state index contributed by atoms with van der Waals surface area (Å²) >= 11 is 0. The minimum atomic E-state index is -2.88. The summed E-state index contributed by atoms with van der Waals surface area (Å²) in [6.07, 6.45) is 0.891. The molecule has 0 amide bonds. The Kier molecular flexibility index (Phi) is 4.77. The van der Waals surface area contributed by atoms with Gasteiger partial charge < -0.3 is 19.5 Å². The van der Waals surface area contributed by atoms with Crippen molar-refractivity contribution in [2.45, 2.75) is 32.0 Å². The zero-order valence-electron chi connectivity index (χ0n) is 11.6. The third-order valence-corrected chi connectivity index (χ3v) is 3.41. The Balaban J connectivity index is 2.13. The molecule has 1 unspecified atom stereocenters. The fourth-order valence-electron chi connectivity index (χ4n) is 2.20. The van der Waals surface area contributed by atoms with E-state index in [9.17, 15) is 8.78 Å². The van der Waals surface area contributed by atoms with Crippen molar-refractivity contribution in [2.75, 3.05) is 20.3 Å². The first kappa shape index (κ1) is 15.0. The van der Waals surface area contributed by atoms with Gasteiger partial charge in [-0.1, -0.05) is 12.1 Å². The molecule has 1 aromatic rings. The minimum Gasteiger partial charge on any atom is -0.493 e. The van der Waals surface area contributed by atoms with Crippen molar-refractivity contribution in [1.82, 2.24) is 5.32 Å². The second-order valence-electron chi connectivity index (χ2n) is 5.04. The van der Waals surface area contributed by atoms with E-state index in [1.165, 1.54) is 7.11 Å². The number of halogens is 2. The van der Waals surface area contributed by atoms with Gasteiger partial charge in [-0.05, 0) is 19.4 Å². The number of nitrogens with one attached hydrogen (secondary N) is 1. The quantitative estimate of drug-likeness (QED) is 0.873. The SMILES string of the molecule is COc1cccc(CNC2(C)CCOC2)c1OC(F)F. The number of rotatable bonds is 6. The normalized spacial score (nSPS) is 22.2. The molecule has 0 spiro atoms. The monoisotopic (exact) mass is 287 g/mol. The first-order chi connectivity index (χ1) is 9.54. The van der Waals surface area contributed by atoms with Gasteiger partial charge in [0.05, 0.1) is 13.7 Å². The summed E-state index contributed by atoms with van der Waals surface area (Å²) in [5.74, 6) is 0.387. The Labute approximate surface area is 117 Å². The molecule has 0 bridgehead atoms. The lowest BCUT2D eigenvalue weighted by Crippen LogP contribution is -2.42. The largest absolute Gasteiger partial charge is 0.493 e. The van der Waals surface area contributed by atoms with Crippen LogP contribution in [0.2, 0.25) is 0 Å². The first-order valence-electron chi connectivity index (χ1n) is 6.47. The molecule has 2 rings (SSSR count). The van der Waals surface area contributed by atoms with Crippen molar-refractivity contribution in [3.05, 3.63) is 23.8 Å². The van der Waals surface area contributed by atoms with Crippen molar-refractivity contribution in [3.8, 4) is 11.5 Å². The molecule has 1 saturated heterocycles. The molecule has 0 saturated carbocycles. The average molecular weight is 287 g/mol. The Morgan fingerprint density at radius 2 is 2.25 bits per heavy atom. The molecular formula is C14H19F2NO3. The van der Waals surface area contributed by atoms with Crippen LogP contribution in [0.15, 0.2) is 18.2 Å². The first-order valence-corrected chi connectivity index (χ1v) is 6.47. The van der Waals surface area contributed by atoms with Crippen molar-refractivity contribution in [2.24, 2.45) is 0 Å².